The lowest BCUT2D eigenvalue weighted by atomic mass is 10.2. The first-order valence-electron chi connectivity index (χ1n) is 9.30. The predicted molar refractivity (Wildman–Crippen MR) is 112 cm³/mol. The van der Waals surface area contributed by atoms with E-state index in [1.807, 2.05) is 23.1 Å². The van der Waals surface area contributed by atoms with Gasteiger partial charge in [-0.1, -0.05) is 29.5 Å². The number of carbonyl (C=O) groups excluding carboxylic acids is 1. The highest BCUT2D eigenvalue weighted by Crippen LogP contribution is 2.30. The topological polar surface area (TPSA) is 54.9 Å². The highest BCUT2D eigenvalue weighted by molar-refractivity contribution is 7.22. The van der Waals surface area contributed by atoms with Crippen molar-refractivity contribution in [2.24, 2.45) is 0 Å². The predicted octanol–water partition coefficient (Wildman–Crippen LogP) is 3.34. The molecule has 0 atom stereocenters. The van der Waals surface area contributed by atoms with Crippen LogP contribution in [0.25, 0.3) is 10.2 Å². The lowest BCUT2D eigenvalue weighted by Crippen LogP contribution is -2.50. The summed E-state index contributed by atoms with van der Waals surface area (Å²) in [7, 11) is 1.59. The summed E-state index contributed by atoms with van der Waals surface area (Å²) in [6, 6.07) is 13.7. The van der Waals surface area contributed by atoms with E-state index in [2.05, 4.69) is 30.0 Å². The summed E-state index contributed by atoms with van der Waals surface area (Å²) in [5.41, 5.74) is 2.28. The first kappa shape index (κ1) is 18.6. The van der Waals surface area contributed by atoms with Gasteiger partial charge in [-0.3, -0.25) is 4.79 Å². The molecule has 0 unspecified atom stereocenters. The second-order valence-corrected chi connectivity index (χ2v) is 7.78. The number of hydrogen-bond acceptors (Lipinski definition) is 6. The number of methoxy groups -OCH3 is 1. The molecule has 0 N–H and O–H groups in total. The van der Waals surface area contributed by atoms with Crippen molar-refractivity contribution in [1.82, 2.24) is 9.88 Å². The Morgan fingerprint density at radius 2 is 1.86 bits per heavy atom. The van der Waals surface area contributed by atoms with Gasteiger partial charge in [-0.05, 0) is 36.8 Å². The number of para-hydroxylation sites is 2. The molecule has 1 amide bonds. The molecule has 1 saturated heterocycles. The maximum Gasteiger partial charge on any atom is 0.260 e. The minimum atomic E-state index is -0.00881. The molecular formula is C21H23N3O3S. The van der Waals surface area contributed by atoms with E-state index in [1.54, 1.807) is 24.5 Å². The molecule has 1 fully saturated rings. The van der Waals surface area contributed by atoms with E-state index in [0.717, 1.165) is 23.7 Å². The highest BCUT2D eigenvalue weighted by atomic mass is 32.1. The Morgan fingerprint density at radius 1 is 1.11 bits per heavy atom. The summed E-state index contributed by atoms with van der Waals surface area (Å²) in [6.45, 7) is 5.00. The molecule has 7 heteroatoms. The smallest absolute Gasteiger partial charge is 0.260 e. The van der Waals surface area contributed by atoms with E-state index in [4.69, 9.17) is 14.5 Å². The average Bonchev–Trinajstić information content (AvgIpc) is 3.15. The van der Waals surface area contributed by atoms with Crippen LogP contribution in [-0.2, 0) is 4.79 Å². The van der Waals surface area contributed by atoms with Gasteiger partial charge in [0.15, 0.2) is 23.2 Å². The summed E-state index contributed by atoms with van der Waals surface area (Å²) in [5, 5.41) is 1.03. The fourth-order valence-corrected chi connectivity index (χ4v) is 4.39. The minimum absolute atomic E-state index is 0.00881. The third kappa shape index (κ3) is 3.89. The molecule has 0 radical (unpaired) electrons. The number of aryl methyl sites for hydroxylation is 1. The highest BCUT2D eigenvalue weighted by Gasteiger charge is 2.23. The van der Waals surface area contributed by atoms with Crippen LogP contribution in [0, 0.1) is 6.92 Å². The van der Waals surface area contributed by atoms with Crippen molar-refractivity contribution < 1.29 is 14.3 Å². The summed E-state index contributed by atoms with van der Waals surface area (Å²) in [6.07, 6.45) is 0. The van der Waals surface area contributed by atoms with Crippen LogP contribution in [0.4, 0.5) is 5.13 Å². The van der Waals surface area contributed by atoms with E-state index in [0.29, 0.717) is 24.6 Å². The lowest BCUT2D eigenvalue weighted by molar-refractivity contribution is -0.133. The molecule has 1 aliphatic rings. The largest absolute Gasteiger partial charge is 0.493 e. The Labute approximate surface area is 168 Å². The fraction of sp³-hybridized carbons (Fsp3) is 0.333. The fourth-order valence-electron chi connectivity index (χ4n) is 3.27. The molecule has 3 aromatic rings. The Kier molecular flexibility index (Phi) is 5.34. The van der Waals surface area contributed by atoms with E-state index in [-0.39, 0.29) is 12.5 Å². The SMILES string of the molecule is COc1ccccc1OCC(=O)N1CCN(c2nc3ccc(C)cc3s2)CC1. The van der Waals surface area contributed by atoms with E-state index >= 15 is 0 Å². The molecule has 4 rings (SSSR count). The molecule has 1 aromatic heterocycles. The van der Waals surface area contributed by atoms with Crippen molar-refractivity contribution in [2.75, 3.05) is 44.8 Å². The number of ether oxygens (including phenoxy) is 2. The number of thiazole rings is 1. The van der Waals surface area contributed by atoms with E-state index in [1.165, 1.54) is 10.3 Å². The monoisotopic (exact) mass is 397 g/mol. The van der Waals surface area contributed by atoms with Crippen LogP contribution >= 0.6 is 11.3 Å². The second kappa shape index (κ2) is 8.06. The number of amides is 1. The zero-order valence-corrected chi connectivity index (χ0v) is 16.9. The van der Waals surface area contributed by atoms with Crippen LogP contribution in [0.5, 0.6) is 11.5 Å². The third-order valence-electron chi connectivity index (χ3n) is 4.86. The van der Waals surface area contributed by atoms with Crippen LogP contribution in [0.15, 0.2) is 42.5 Å². The third-order valence-corrected chi connectivity index (χ3v) is 5.93. The molecule has 146 valence electrons. The number of piperazine rings is 1. The molecule has 1 aliphatic heterocycles. The van der Waals surface area contributed by atoms with Gasteiger partial charge in [0.05, 0.1) is 17.3 Å². The summed E-state index contributed by atoms with van der Waals surface area (Å²) >= 11 is 1.71. The van der Waals surface area contributed by atoms with Crippen molar-refractivity contribution in [3.63, 3.8) is 0 Å². The van der Waals surface area contributed by atoms with Gasteiger partial charge in [0, 0.05) is 26.2 Å². The number of fused-ring (bicyclic) bond motifs is 1. The minimum Gasteiger partial charge on any atom is -0.493 e. The van der Waals surface area contributed by atoms with Gasteiger partial charge in [0.1, 0.15) is 0 Å². The Balaban J connectivity index is 1.33. The number of nitrogens with zero attached hydrogens (tertiary/aromatic N) is 3. The number of aromatic nitrogens is 1. The Morgan fingerprint density at radius 3 is 2.61 bits per heavy atom. The maximum atomic E-state index is 12.5. The maximum absolute atomic E-state index is 12.5. The normalized spacial score (nSPS) is 14.4. The van der Waals surface area contributed by atoms with Crippen LogP contribution in [0.2, 0.25) is 0 Å². The van der Waals surface area contributed by atoms with Gasteiger partial charge in [-0.2, -0.15) is 0 Å². The summed E-state index contributed by atoms with van der Waals surface area (Å²) < 4.78 is 12.1. The van der Waals surface area contributed by atoms with E-state index in [9.17, 15) is 4.79 Å². The van der Waals surface area contributed by atoms with Gasteiger partial charge < -0.3 is 19.3 Å². The van der Waals surface area contributed by atoms with Gasteiger partial charge in [-0.15, -0.1) is 0 Å². The van der Waals surface area contributed by atoms with Gasteiger partial charge in [-0.25, -0.2) is 4.98 Å². The van der Waals surface area contributed by atoms with Crippen LogP contribution in [0.1, 0.15) is 5.56 Å². The van der Waals surface area contributed by atoms with Crippen LogP contribution in [-0.4, -0.2) is 55.7 Å². The van der Waals surface area contributed by atoms with Crippen molar-refractivity contribution in [1.29, 1.82) is 0 Å². The molecule has 2 aromatic carbocycles. The number of benzene rings is 2. The number of rotatable bonds is 5. The van der Waals surface area contributed by atoms with Gasteiger partial charge in [0.25, 0.3) is 5.91 Å². The summed E-state index contributed by atoms with van der Waals surface area (Å²) in [4.78, 5) is 21.4. The van der Waals surface area contributed by atoms with Crippen LogP contribution < -0.4 is 14.4 Å². The number of hydrogen-bond donors (Lipinski definition) is 0. The molecule has 0 saturated carbocycles. The molecule has 0 bridgehead atoms. The molecule has 0 aliphatic carbocycles. The summed E-state index contributed by atoms with van der Waals surface area (Å²) in [5.74, 6) is 1.21. The van der Waals surface area contributed by atoms with E-state index < -0.39 is 0 Å². The van der Waals surface area contributed by atoms with Crippen LogP contribution in [0.3, 0.4) is 0 Å². The Hall–Kier alpha value is -2.80. The van der Waals surface area contributed by atoms with Gasteiger partial charge in [0.2, 0.25) is 0 Å². The van der Waals surface area contributed by atoms with Crippen molar-refractivity contribution in [2.45, 2.75) is 6.92 Å². The van der Waals surface area contributed by atoms with Crippen molar-refractivity contribution in [3.05, 3.63) is 48.0 Å². The zero-order chi connectivity index (χ0) is 19.5. The molecule has 2 heterocycles. The molecule has 28 heavy (non-hydrogen) atoms. The lowest BCUT2D eigenvalue weighted by Gasteiger charge is -2.34. The molecular weight excluding hydrogens is 374 g/mol. The number of carbonyl (C=O) groups is 1. The van der Waals surface area contributed by atoms with Crippen molar-refractivity contribution in [3.8, 4) is 11.5 Å². The first-order valence-corrected chi connectivity index (χ1v) is 10.1. The number of anilines is 1. The average molecular weight is 398 g/mol. The first-order chi connectivity index (χ1) is 13.6. The Bertz CT molecular complexity index is 980. The van der Waals surface area contributed by atoms with Gasteiger partial charge >= 0.3 is 0 Å². The van der Waals surface area contributed by atoms with Crippen molar-refractivity contribution >= 4 is 32.6 Å². The second-order valence-electron chi connectivity index (χ2n) is 6.77. The zero-order valence-electron chi connectivity index (χ0n) is 16.1. The quantitative estimate of drug-likeness (QED) is 0.661. The molecule has 0 spiro atoms. The standard InChI is InChI=1S/C21H23N3O3S/c1-15-7-8-16-19(13-15)28-21(22-16)24-11-9-23(10-12-24)20(25)14-27-18-6-4-3-5-17(18)26-2/h3-8,13H,9-12,14H2,1-2H3. The molecule has 6 nitrogen and oxygen atoms in total.